The van der Waals surface area contributed by atoms with Gasteiger partial charge in [0.25, 0.3) is 5.56 Å². The van der Waals surface area contributed by atoms with Gasteiger partial charge in [-0.3, -0.25) is 19.0 Å². The number of aromatic nitrogens is 6. The topological polar surface area (TPSA) is 108 Å². The number of ether oxygens (including phenoxy) is 1. The number of pyridine rings is 2. The molecule has 9 nitrogen and oxygen atoms in total. The number of hydrogen-bond acceptors (Lipinski definition) is 7. The van der Waals surface area contributed by atoms with Crippen LogP contribution in [-0.4, -0.2) is 53.7 Å². The molecule has 2 atom stereocenters. The van der Waals surface area contributed by atoms with E-state index in [1.165, 1.54) is 23.0 Å². The zero-order valence-corrected chi connectivity index (χ0v) is 17.2. The first kappa shape index (κ1) is 21.2. The Morgan fingerprint density at radius 1 is 1.15 bits per heavy atom. The van der Waals surface area contributed by atoms with E-state index in [9.17, 15) is 23.1 Å². The van der Waals surface area contributed by atoms with Crippen molar-refractivity contribution in [3.05, 3.63) is 59.0 Å². The number of alkyl halides is 3. The molecular formula is C21H17F3N6O3. The third kappa shape index (κ3) is 3.76. The molecule has 33 heavy (non-hydrogen) atoms. The van der Waals surface area contributed by atoms with Gasteiger partial charge in [-0.15, -0.1) is 0 Å². The molecule has 12 heteroatoms. The highest BCUT2D eigenvalue weighted by atomic mass is 19.4. The summed E-state index contributed by atoms with van der Waals surface area (Å²) in [5.74, 6) is 0. The van der Waals surface area contributed by atoms with Crippen molar-refractivity contribution in [2.45, 2.75) is 18.3 Å². The van der Waals surface area contributed by atoms with Gasteiger partial charge in [0, 0.05) is 25.0 Å². The molecule has 1 fully saturated rings. The molecule has 0 radical (unpaired) electrons. The Hall–Kier alpha value is -3.64. The Balaban J connectivity index is 1.72. The Kier molecular flexibility index (Phi) is 4.98. The molecule has 5 heterocycles. The molecule has 5 rings (SSSR count). The predicted octanol–water partition coefficient (Wildman–Crippen LogP) is 2.21. The van der Waals surface area contributed by atoms with Gasteiger partial charge in [-0.25, -0.2) is 9.97 Å². The van der Waals surface area contributed by atoms with Crippen molar-refractivity contribution >= 4 is 10.9 Å². The van der Waals surface area contributed by atoms with Crippen LogP contribution in [0.1, 0.15) is 11.6 Å². The molecule has 0 aliphatic carbocycles. The van der Waals surface area contributed by atoms with Gasteiger partial charge in [0.15, 0.2) is 0 Å². The predicted molar refractivity (Wildman–Crippen MR) is 110 cm³/mol. The van der Waals surface area contributed by atoms with Crippen LogP contribution in [0.4, 0.5) is 13.2 Å². The first-order valence-electron chi connectivity index (χ1n) is 9.92. The summed E-state index contributed by atoms with van der Waals surface area (Å²) in [6.45, 7) is 0.259. The summed E-state index contributed by atoms with van der Waals surface area (Å²) in [6, 6.07) is 2.95. The molecule has 0 saturated carbocycles. The van der Waals surface area contributed by atoms with Crippen LogP contribution in [0, 0.1) is 0 Å². The number of hydrogen-bond donors (Lipinski definition) is 1. The van der Waals surface area contributed by atoms with E-state index in [1.54, 1.807) is 24.1 Å². The number of fused-ring (bicyclic) bond motifs is 1. The van der Waals surface area contributed by atoms with E-state index in [4.69, 9.17) is 4.74 Å². The lowest BCUT2D eigenvalue weighted by atomic mass is 10.1. The van der Waals surface area contributed by atoms with Gasteiger partial charge in [0.1, 0.15) is 17.3 Å². The molecular weight excluding hydrogens is 441 g/mol. The number of nitrogens with zero attached hydrogens (tertiary/aromatic N) is 6. The van der Waals surface area contributed by atoms with Gasteiger partial charge in [-0.05, 0) is 18.2 Å². The van der Waals surface area contributed by atoms with Crippen LogP contribution in [0.25, 0.3) is 33.5 Å². The highest BCUT2D eigenvalue weighted by Crippen LogP contribution is 2.31. The van der Waals surface area contributed by atoms with E-state index < -0.39 is 29.4 Å². The molecule has 0 spiro atoms. The van der Waals surface area contributed by atoms with Gasteiger partial charge in [0.05, 0.1) is 54.1 Å². The van der Waals surface area contributed by atoms with Crippen molar-refractivity contribution < 1.29 is 23.0 Å². The second-order valence-electron chi connectivity index (χ2n) is 7.71. The quantitative estimate of drug-likeness (QED) is 0.502. The average Bonchev–Trinajstić information content (AvgIpc) is 3.41. The van der Waals surface area contributed by atoms with Gasteiger partial charge in [0.2, 0.25) is 0 Å². The first-order valence-corrected chi connectivity index (χ1v) is 9.92. The summed E-state index contributed by atoms with van der Waals surface area (Å²) >= 11 is 0. The van der Waals surface area contributed by atoms with Crippen LogP contribution in [0.3, 0.4) is 0 Å². The molecule has 1 aliphatic rings. The minimum Gasteiger partial charge on any atom is -0.388 e. The number of aliphatic hydroxyl groups is 1. The van der Waals surface area contributed by atoms with E-state index >= 15 is 0 Å². The number of aliphatic hydroxyl groups excluding tert-OH is 1. The Morgan fingerprint density at radius 2 is 1.97 bits per heavy atom. The summed E-state index contributed by atoms with van der Waals surface area (Å²) in [5, 5.41) is 14.5. The maximum Gasteiger partial charge on any atom is 0.417 e. The fraction of sp³-hybridized carbons (Fsp3) is 0.286. The Labute approximate surface area is 184 Å². The molecule has 0 bridgehead atoms. The van der Waals surface area contributed by atoms with Gasteiger partial charge in [-0.1, -0.05) is 0 Å². The molecule has 0 amide bonds. The van der Waals surface area contributed by atoms with E-state index in [0.29, 0.717) is 16.8 Å². The fourth-order valence-electron chi connectivity index (χ4n) is 3.77. The molecule has 1 aliphatic heterocycles. The molecule has 0 aromatic carbocycles. The number of aryl methyl sites for hydroxylation is 1. The first-order chi connectivity index (χ1) is 15.7. The molecule has 1 N–H and O–H groups in total. The summed E-state index contributed by atoms with van der Waals surface area (Å²) in [6.07, 6.45) is -0.0899. The second-order valence-corrected chi connectivity index (χ2v) is 7.71. The van der Waals surface area contributed by atoms with Crippen molar-refractivity contribution in [2.75, 3.05) is 13.2 Å². The van der Waals surface area contributed by atoms with Crippen LogP contribution >= 0.6 is 0 Å². The van der Waals surface area contributed by atoms with Gasteiger partial charge >= 0.3 is 6.18 Å². The third-order valence-electron chi connectivity index (χ3n) is 5.48. The van der Waals surface area contributed by atoms with Crippen molar-refractivity contribution in [3.63, 3.8) is 0 Å². The van der Waals surface area contributed by atoms with Gasteiger partial charge in [-0.2, -0.15) is 18.3 Å². The number of halogens is 3. The van der Waals surface area contributed by atoms with Crippen molar-refractivity contribution in [3.8, 4) is 22.6 Å². The van der Waals surface area contributed by atoms with Crippen LogP contribution in [0.2, 0.25) is 0 Å². The van der Waals surface area contributed by atoms with E-state index in [0.717, 1.165) is 12.3 Å². The zero-order chi connectivity index (χ0) is 23.3. The lowest BCUT2D eigenvalue weighted by Gasteiger charge is -2.16. The smallest absolute Gasteiger partial charge is 0.388 e. The normalized spacial score (nSPS) is 18.8. The van der Waals surface area contributed by atoms with Gasteiger partial charge < -0.3 is 9.84 Å². The summed E-state index contributed by atoms with van der Waals surface area (Å²) in [7, 11) is 1.72. The van der Waals surface area contributed by atoms with Crippen molar-refractivity contribution in [1.29, 1.82) is 0 Å². The van der Waals surface area contributed by atoms with Crippen LogP contribution in [0.5, 0.6) is 0 Å². The monoisotopic (exact) mass is 458 g/mol. The largest absolute Gasteiger partial charge is 0.417 e. The Bertz CT molecular complexity index is 1400. The van der Waals surface area contributed by atoms with E-state index in [1.807, 2.05) is 0 Å². The van der Waals surface area contributed by atoms with Crippen LogP contribution < -0.4 is 5.56 Å². The molecule has 0 unspecified atom stereocenters. The molecule has 4 aromatic rings. The Morgan fingerprint density at radius 3 is 2.58 bits per heavy atom. The molecule has 1 saturated heterocycles. The maximum absolute atomic E-state index is 13.4. The maximum atomic E-state index is 13.4. The lowest BCUT2D eigenvalue weighted by molar-refractivity contribution is -0.137. The third-order valence-corrected chi connectivity index (χ3v) is 5.48. The zero-order valence-electron chi connectivity index (χ0n) is 17.2. The van der Waals surface area contributed by atoms with Crippen LogP contribution in [0.15, 0.2) is 47.9 Å². The second kappa shape index (κ2) is 7.74. The van der Waals surface area contributed by atoms with Crippen molar-refractivity contribution in [1.82, 2.24) is 29.3 Å². The highest BCUT2D eigenvalue weighted by Gasteiger charge is 2.31. The SMILES string of the molecule is Cn1cc(-c2nc(-c3ccc(C(F)(F)F)cn3)cc3c(=O)n([C@@H]4COC[C@@H]4O)cnc23)cn1. The van der Waals surface area contributed by atoms with E-state index in [-0.39, 0.29) is 30.0 Å². The summed E-state index contributed by atoms with van der Waals surface area (Å²) in [5.41, 5.74) is 0.251. The molecule has 170 valence electrons. The summed E-state index contributed by atoms with van der Waals surface area (Å²) < 4.78 is 47.0. The number of rotatable bonds is 3. The van der Waals surface area contributed by atoms with E-state index in [2.05, 4.69) is 20.1 Å². The minimum absolute atomic E-state index is 0.104. The standard InChI is InChI=1S/C21H17F3N6O3/c1-29-7-11(5-27-29)18-19-13(20(32)30(10-26-19)16-8-33-9-17(16)31)4-15(28-18)14-3-2-12(6-25-14)21(22,23)24/h2-7,10,16-17,31H,8-9H2,1H3/t16-,17+/m1/s1. The average molecular weight is 458 g/mol. The van der Waals surface area contributed by atoms with Crippen LogP contribution in [-0.2, 0) is 18.0 Å². The minimum atomic E-state index is -4.52. The lowest BCUT2D eigenvalue weighted by Crippen LogP contribution is -2.32. The highest BCUT2D eigenvalue weighted by molar-refractivity contribution is 5.93. The fourth-order valence-corrected chi connectivity index (χ4v) is 3.77. The molecule has 4 aromatic heterocycles. The summed E-state index contributed by atoms with van der Waals surface area (Å²) in [4.78, 5) is 26.2. The van der Waals surface area contributed by atoms with Crippen molar-refractivity contribution in [2.24, 2.45) is 7.05 Å².